The van der Waals surface area contributed by atoms with Gasteiger partial charge in [0.25, 0.3) is 0 Å². The van der Waals surface area contributed by atoms with Gasteiger partial charge in [0, 0.05) is 33.9 Å². The summed E-state index contributed by atoms with van der Waals surface area (Å²) < 4.78 is 0. The molecule has 0 saturated heterocycles. The van der Waals surface area contributed by atoms with Crippen molar-refractivity contribution in [1.82, 2.24) is 24.9 Å². The van der Waals surface area contributed by atoms with Crippen LogP contribution in [0.1, 0.15) is 11.1 Å². The lowest BCUT2D eigenvalue weighted by molar-refractivity contribution is 1.25. The van der Waals surface area contributed by atoms with Gasteiger partial charge >= 0.3 is 0 Å². The molecule has 0 N–H and O–H groups in total. The van der Waals surface area contributed by atoms with Gasteiger partial charge in [-0.25, -0.2) is 24.9 Å². The maximum Gasteiger partial charge on any atom is 0.164 e. The molecule has 118 valence electrons. The molecule has 0 unspecified atom stereocenters. The first-order valence-electron chi connectivity index (χ1n) is 7.72. The molecular formula is C19H7N7. The molecule has 0 fully saturated rings. The molecule has 0 radical (unpaired) electrons. The van der Waals surface area contributed by atoms with E-state index in [-0.39, 0.29) is 0 Å². The third kappa shape index (κ3) is 2.09. The summed E-state index contributed by atoms with van der Waals surface area (Å²) in [4.78, 5) is 21.9. The fourth-order valence-corrected chi connectivity index (χ4v) is 2.92. The summed E-state index contributed by atoms with van der Waals surface area (Å²) >= 11 is 0. The van der Waals surface area contributed by atoms with Crippen LogP contribution in [-0.2, 0) is 0 Å². The van der Waals surface area contributed by atoms with Gasteiger partial charge in [-0.05, 0) is 30.3 Å². The van der Waals surface area contributed by atoms with Gasteiger partial charge in [0.15, 0.2) is 22.6 Å². The Morgan fingerprint density at radius 1 is 0.538 bits per heavy atom. The molecule has 5 rings (SSSR count). The van der Waals surface area contributed by atoms with Crippen LogP contribution in [0.2, 0.25) is 0 Å². The molecule has 26 heavy (non-hydrogen) atoms. The van der Waals surface area contributed by atoms with E-state index in [0.717, 1.165) is 21.5 Å². The lowest BCUT2D eigenvalue weighted by atomic mass is 10.1. The van der Waals surface area contributed by atoms with Crippen molar-refractivity contribution >= 4 is 44.1 Å². The Bertz CT molecular complexity index is 1350. The lowest BCUT2D eigenvalue weighted by Crippen LogP contribution is -1.94. The predicted molar refractivity (Wildman–Crippen MR) is 94.9 cm³/mol. The number of hydrogen-bond donors (Lipinski definition) is 0. The van der Waals surface area contributed by atoms with Gasteiger partial charge in [0.1, 0.15) is 12.1 Å². The van der Waals surface area contributed by atoms with E-state index in [1.165, 1.54) is 12.4 Å². The topological polar surface area (TPSA) is 112 Å². The molecule has 0 aliphatic heterocycles. The maximum absolute atomic E-state index is 9.04. The molecular weight excluding hydrogens is 326 g/mol. The van der Waals surface area contributed by atoms with Crippen LogP contribution in [-0.4, -0.2) is 24.9 Å². The lowest BCUT2D eigenvalue weighted by Gasteiger charge is -2.04. The number of pyridine rings is 5. The van der Waals surface area contributed by atoms with Gasteiger partial charge in [0.05, 0.1) is 11.1 Å². The molecule has 0 bridgehead atoms. The number of nitrogens with zero attached hydrogens (tertiary/aromatic N) is 7. The van der Waals surface area contributed by atoms with Crippen molar-refractivity contribution in [3.8, 4) is 12.1 Å². The van der Waals surface area contributed by atoms with Gasteiger partial charge in [-0.2, -0.15) is 10.5 Å². The van der Waals surface area contributed by atoms with E-state index >= 15 is 0 Å². The number of aromatic nitrogens is 5. The summed E-state index contributed by atoms with van der Waals surface area (Å²) in [5.41, 5.74) is 3.08. The first-order valence-corrected chi connectivity index (χ1v) is 7.72. The highest BCUT2D eigenvalue weighted by Gasteiger charge is 2.08. The molecule has 0 aliphatic rings. The first-order chi connectivity index (χ1) is 12.7. The van der Waals surface area contributed by atoms with Gasteiger partial charge < -0.3 is 0 Å². The molecule has 0 aliphatic carbocycles. The zero-order valence-corrected chi connectivity index (χ0v) is 13.2. The van der Waals surface area contributed by atoms with Crippen LogP contribution in [0.4, 0.5) is 0 Å². The summed E-state index contributed by atoms with van der Waals surface area (Å²) in [6.45, 7) is 0. The normalized spacial score (nSPS) is 11.0. The van der Waals surface area contributed by atoms with Crippen LogP contribution in [0.3, 0.4) is 0 Å². The van der Waals surface area contributed by atoms with Crippen LogP contribution >= 0.6 is 0 Å². The second kappa shape index (κ2) is 5.13. The van der Waals surface area contributed by atoms with Crippen LogP contribution in [0.25, 0.3) is 44.1 Å². The van der Waals surface area contributed by atoms with Crippen molar-refractivity contribution in [2.24, 2.45) is 0 Å². The van der Waals surface area contributed by atoms with Crippen molar-refractivity contribution in [2.75, 3.05) is 0 Å². The fourth-order valence-electron chi connectivity index (χ4n) is 2.92. The number of nitriles is 2. The molecule has 7 nitrogen and oxygen atoms in total. The molecule has 0 atom stereocenters. The van der Waals surface area contributed by atoms with Crippen molar-refractivity contribution in [3.05, 3.63) is 53.9 Å². The average molecular weight is 333 g/mol. The number of rotatable bonds is 0. The second-order valence-corrected chi connectivity index (χ2v) is 5.82. The Hall–Kier alpha value is -4.23. The Kier molecular flexibility index (Phi) is 2.79. The third-order valence-corrected chi connectivity index (χ3v) is 4.13. The molecule has 5 aromatic rings. The number of hydrogen-bond acceptors (Lipinski definition) is 7. The zero-order valence-electron chi connectivity index (χ0n) is 13.2. The highest BCUT2D eigenvalue weighted by atomic mass is 15.0. The van der Waals surface area contributed by atoms with E-state index in [0.29, 0.717) is 33.7 Å². The quantitative estimate of drug-likeness (QED) is 0.400. The molecule has 5 aromatic heterocycles. The molecule has 5 heterocycles. The van der Waals surface area contributed by atoms with Crippen molar-refractivity contribution in [3.63, 3.8) is 0 Å². The van der Waals surface area contributed by atoms with E-state index < -0.39 is 0 Å². The van der Waals surface area contributed by atoms with Crippen LogP contribution in [0.15, 0.2) is 42.7 Å². The van der Waals surface area contributed by atoms with Crippen molar-refractivity contribution < 1.29 is 0 Å². The highest BCUT2D eigenvalue weighted by molar-refractivity contribution is 5.98. The first kappa shape index (κ1) is 14.1. The van der Waals surface area contributed by atoms with Crippen molar-refractivity contribution in [1.29, 1.82) is 10.5 Å². The predicted octanol–water partition coefficient (Wildman–Crippen LogP) is 3.02. The second-order valence-electron chi connectivity index (χ2n) is 5.82. The average Bonchev–Trinajstić information content (AvgIpc) is 2.68. The number of fused-ring (bicyclic) bond motifs is 4. The minimum Gasteiger partial charge on any atom is -0.235 e. The summed E-state index contributed by atoms with van der Waals surface area (Å²) in [5.74, 6) is 0. The fraction of sp³-hybridized carbons (Fsp3) is 0. The largest absolute Gasteiger partial charge is 0.235 e. The zero-order chi connectivity index (χ0) is 17.7. The SMILES string of the molecule is N#Cc1cnc2nc3nc4nc5ncc(C#N)cc5cc4cc3cc2c1. The van der Waals surface area contributed by atoms with Gasteiger partial charge in [0.2, 0.25) is 0 Å². The van der Waals surface area contributed by atoms with E-state index in [4.69, 9.17) is 10.5 Å². The standard InChI is InChI=1S/C19H7N7/c20-6-10-1-12-3-14-5-15-4-13-2-11(7-21)9-23-17(13)25-19(15)26-18(14)24-16(12)22-8-10/h1-5,8-9H. The minimum absolute atomic E-state index is 0.482. The Morgan fingerprint density at radius 2 is 0.923 bits per heavy atom. The smallest absolute Gasteiger partial charge is 0.164 e. The molecule has 0 spiro atoms. The van der Waals surface area contributed by atoms with Crippen LogP contribution in [0, 0.1) is 22.7 Å². The molecule has 0 aromatic carbocycles. The summed E-state index contributed by atoms with van der Waals surface area (Å²) in [5, 5.41) is 21.3. The van der Waals surface area contributed by atoms with Gasteiger partial charge in [-0.15, -0.1) is 0 Å². The van der Waals surface area contributed by atoms with Gasteiger partial charge in [-0.1, -0.05) is 0 Å². The molecule has 7 heteroatoms. The summed E-state index contributed by atoms with van der Waals surface area (Å²) in [6, 6.07) is 13.4. The third-order valence-electron chi connectivity index (χ3n) is 4.13. The van der Waals surface area contributed by atoms with Crippen LogP contribution < -0.4 is 0 Å². The van der Waals surface area contributed by atoms with Crippen LogP contribution in [0.5, 0.6) is 0 Å². The maximum atomic E-state index is 9.04. The van der Waals surface area contributed by atoms with E-state index in [9.17, 15) is 0 Å². The van der Waals surface area contributed by atoms with E-state index in [1.54, 1.807) is 12.1 Å². The highest BCUT2D eigenvalue weighted by Crippen LogP contribution is 2.24. The van der Waals surface area contributed by atoms with E-state index in [2.05, 4.69) is 37.1 Å². The monoisotopic (exact) mass is 333 g/mol. The summed E-state index contributed by atoms with van der Waals surface area (Å²) in [7, 11) is 0. The minimum atomic E-state index is 0.482. The Labute approximate surface area is 146 Å². The Balaban J connectivity index is 1.84. The summed E-state index contributed by atoms with van der Waals surface area (Å²) in [6.07, 6.45) is 2.98. The van der Waals surface area contributed by atoms with E-state index in [1.807, 2.05) is 18.2 Å². The Morgan fingerprint density at radius 3 is 1.35 bits per heavy atom. The molecule has 0 amide bonds. The van der Waals surface area contributed by atoms with Gasteiger partial charge in [-0.3, -0.25) is 0 Å². The van der Waals surface area contributed by atoms with Crippen molar-refractivity contribution in [2.45, 2.75) is 0 Å². The molecule has 0 saturated carbocycles.